The molecule has 0 amide bonds. The van der Waals surface area contributed by atoms with Gasteiger partial charge in [0, 0.05) is 18.9 Å². The fraction of sp³-hybridized carbons (Fsp3) is 0.909. The second-order valence-electron chi connectivity index (χ2n) is 5.06. The van der Waals surface area contributed by atoms with E-state index in [2.05, 4.69) is 19.3 Å². The van der Waals surface area contributed by atoms with Crippen LogP contribution in [0.1, 0.15) is 47.5 Å². The zero-order valence-electron chi connectivity index (χ0n) is 10.3. The van der Waals surface area contributed by atoms with Crippen LogP contribution in [0.2, 0.25) is 0 Å². The molecule has 0 fully saturated rings. The maximum Gasteiger partial charge on any atom is 0.302 e. The monoisotopic (exact) mass is 217 g/mol. The lowest BCUT2D eigenvalue weighted by Gasteiger charge is -2.28. The van der Waals surface area contributed by atoms with Crippen molar-refractivity contribution in [1.82, 2.24) is 5.48 Å². The number of ether oxygens (including phenoxy) is 1. The van der Waals surface area contributed by atoms with Gasteiger partial charge in [-0.05, 0) is 26.2 Å². The number of hydroxylamine groups is 1. The van der Waals surface area contributed by atoms with Crippen molar-refractivity contribution in [3.05, 3.63) is 0 Å². The number of hydrogen-bond acceptors (Lipinski definition) is 4. The minimum Gasteiger partial charge on any atom is -0.462 e. The number of rotatable bonds is 6. The maximum absolute atomic E-state index is 10.9. The predicted molar refractivity (Wildman–Crippen MR) is 58.6 cm³/mol. The minimum absolute atomic E-state index is 0.142. The van der Waals surface area contributed by atoms with E-state index in [0.717, 1.165) is 6.42 Å². The van der Waals surface area contributed by atoms with E-state index in [1.165, 1.54) is 6.92 Å². The number of carbonyl (C=O) groups excluding carboxylic acids is 1. The molecule has 2 N–H and O–H groups in total. The summed E-state index contributed by atoms with van der Waals surface area (Å²) in [6, 6.07) is 0. The Labute approximate surface area is 92.0 Å². The zero-order chi connectivity index (χ0) is 12.1. The van der Waals surface area contributed by atoms with Crippen molar-refractivity contribution < 1.29 is 14.7 Å². The van der Waals surface area contributed by atoms with Crippen LogP contribution in [0.3, 0.4) is 0 Å². The van der Waals surface area contributed by atoms with Crippen LogP contribution in [0.4, 0.5) is 0 Å². The fourth-order valence-corrected chi connectivity index (χ4v) is 1.55. The van der Waals surface area contributed by atoms with Crippen LogP contribution in [0.15, 0.2) is 0 Å². The lowest BCUT2D eigenvalue weighted by molar-refractivity contribution is -0.148. The summed E-state index contributed by atoms with van der Waals surface area (Å²) >= 11 is 0. The van der Waals surface area contributed by atoms with E-state index in [-0.39, 0.29) is 12.1 Å². The van der Waals surface area contributed by atoms with E-state index in [1.54, 1.807) is 0 Å². The van der Waals surface area contributed by atoms with Crippen molar-refractivity contribution in [2.75, 3.05) is 0 Å². The molecule has 0 aromatic heterocycles. The Morgan fingerprint density at radius 3 is 2.33 bits per heavy atom. The normalized spacial score (nSPS) is 14.1. The quantitative estimate of drug-likeness (QED) is 0.528. The summed E-state index contributed by atoms with van der Waals surface area (Å²) in [6.07, 6.45) is 1.27. The van der Waals surface area contributed by atoms with Gasteiger partial charge in [-0.3, -0.25) is 4.79 Å². The molecule has 0 saturated heterocycles. The third kappa shape index (κ3) is 7.33. The van der Waals surface area contributed by atoms with Crippen molar-refractivity contribution in [1.29, 1.82) is 0 Å². The van der Waals surface area contributed by atoms with Gasteiger partial charge in [0.1, 0.15) is 6.10 Å². The molecule has 0 aliphatic heterocycles. The van der Waals surface area contributed by atoms with Crippen LogP contribution in [0, 0.1) is 5.92 Å². The first-order chi connectivity index (χ1) is 6.76. The molecule has 0 aromatic rings. The van der Waals surface area contributed by atoms with Gasteiger partial charge < -0.3 is 9.94 Å². The van der Waals surface area contributed by atoms with Crippen LogP contribution >= 0.6 is 0 Å². The van der Waals surface area contributed by atoms with Gasteiger partial charge in [0.15, 0.2) is 0 Å². The van der Waals surface area contributed by atoms with Crippen molar-refractivity contribution in [2.45, 2.75) is 59.1 Å². The van der Waals surface area contributed by atoms with Crippen LogP contribution in [-0.4, -0.2) is 22.8 Å². The van der Waals surface area contributed by atoms with E-state index >= 15 is 0 Å². The van der Waals surface area contributed by atoms with Crippen molar-refractivity contribution in [3.63, 3.8) is 0 Å². The lowest BCUT2D eigenvalue weighted by Crippen LogP contribution is -2.41. The number of esters is 1. The molecule has 0 aliphatic carbocycles. The van der Waals surface area contributed by atoms with Crippen LogP contribution in [-0.2, 0) is 9.53 Å². The Kier molecular flexibility index (Phi) is 5.83. The van der Waals surface area contributed by atoms with Gasteiger partial charge in [-0.15, -0.1) is 0 Å². The lowest BCUT2D eigenvalue weighted by atomic mass is 9.93. The van der Waals surface area contributed by atoms with Gasteiger partial charge >= 0.3 is 5.97 Å². The largest absolute Gasteiger partial charge is 0.462 e. The topological polar surface area (TPSA) is 58.6 Å². The SMILES string of the molecule is CC(=O)OC(CC(C)C)CC(C)(C)NO. The molecule has 1 unspecified atom stereocenters. The van der Waals surface area contributed by atoms with E-state index in [4.69, 9.17) is 9.94 Å². The van der Waals surface area contributed by atoms with Gasteiger partial charge in [-0.1, -0.05) is 13.8 Å². The molecule has 0 aromatic carbocycles. The molecule has 15 heavy (non-hydrogen) atoms. The van der Waals surface area contributed by atoms with E-state index in [1.807, 2.05) is 13.8 Å². The Bertz CT molecular complexity index is 202. The molecule has 1 atom stereocenters. The number of nitrogens with one attached hydrogen (secondary N) is 1. The molecule has 0 radical (unpaired) electrons. The Morgan fingerprint density at radius 1 is 1.47 bits per heavy atom. The predicted octanol–water partition coefficient (Wildman–Crippen LogP) is 2.11. The molecule has 4 heteroatoms. The van der Waals surface area contributed by atoms with E-state index in [0.29, 0.717) is 12.3 Å². The highest BCUT2D eigenvalue weighted by Crippen LogP contribution is 2.19. The zero-order valence-corrected chi connectivity index (χ0v) is 10.3. The number of hydrogen-bond donors (Lipinski definition) is 2. The average Bonchev–Trinajstić information content (AvgIpc) is 2.00. The molecular weight excluding hydrogens is 194 g/mol. The number of carbonyl (C=O) groups is 1. The highest BCUT2D eigenvalue weighted by Gasteiger charge is 2.25. The van der Waals surface area contributed by atoms with Crippen molar-refractivity contribution >= 4 is 5.97 Å². The second kappa shape index (κ2) is 6.08. The third-order valence-corrected chi connectivity index (χ3v) is 2.11. The van der Waals surface area contributed by atoms with Crippen molar-refractivity contribution in [3.8, 4) is 0 Å². The van der Waals surface area contributed by atoms with Crippen LogP contribution in [0.5, 0.6) is 0 Å². The highest BCUT2D eigenvalue weighted by molar-refractivity contribution is 5.66. The molecule has 0 aliphatic rings. The van der Waals surface area contributed by atoms with E-state index in [9.17, 15) is 4.79 Å². The summed E-state index contributed by atoms with van der Waals surface area (Å²) in [7, 11) is 0. The highest BCUT2D eigenvalue weighted by atomic mass is 16.5. The molecule has 90 valence electrons. The van der Waals surface area contributed by atoms with Crippen LogP contribution < -0.4 is 5.48 Å². The summed E-state index contributed by atoms with van der Waals surface area (Å²) in [5.41, 5.74) is 1.79. The Hall–Kier alpha value is -0.610. The maximum atomic E-state index is 10.9. The molecule has 0 spiro atoms. The summed E-state index contributed by atoms with van der Waals surface area (Å²) in [6.45, 7) is 9.30. The van der Waals surface area contributed by atoms with Gasteiger partial charge in [0.05, 0.1) is 0 Å². The summed E-state index contributed by atoms with van der Waals surface area (Å²) in [5, 5.41) is 8.92. The minimum atomic E-state index is -0.436. The molecular formula is C11H23NO3. The molecule has 0 heterocycles. The summed E-state index contributed by atoms with van der Waals surface area (Å²) < 4.78 is 5.21. The van der Waals surface area contributed by atoms with Gasteiger partial charge in [-0.25, -0.2) is 0 Å². The third-order valence-electron chi connectivity index (χ3n) is 2.11. The second-order valence-corrected chi connectivity index (χ2v) is 5.06. The molecule has 0 rings (SSSR count). The first-order valence-corrected chi connectivity index (χ1v) is 5.35. The van der Waals surface area contributed by atoms with E-state index < -0.39 is 5.54 Å². The van der Waals surface area contributed by atoms with Gasteiger partial charge in [0.2, 0.25) is 0 Å². The van der Waals surface area contributed by atoms with Crippen LogP contribution in [0.25, 0.3) is 0 Å². The standard InChI is InChI=1S/C11H23NO3/c1-8(2)6-10(15-9(3)13)7-11(4,5)12-14/h8,10,12,14H,6-7H2,1-5H3. The Morgan fingerprint density at radius 2 is 2.00 bits per heavy atom. The summed E-state index contributed by atoms with van der Waals surface area (Å²) in [5.74, 6) is 0.193. The van der Waals surface area contributed by atoms with Gasteiger partial charge in [-0.2, -0.15) is 5.48 Å². The summed E-state index contributed by atoms with van der Waals surface area (Å²) in [4.78, 5) is 10.9. The Balaban J connectivity index is 4.29. The smallest absolute Gasteiger partial charge is 0.302 e. The molecule has 4 nitrogen and oxygen atoms in total. The van der Waals surface area contributed by atoms with Crippen molar-refractivity contribution in [2.24, 2.45) is 5.92 Å². The molecule has 0 saturated carbocycles. The fourth-order valence-electron chi connectivity index (χ4n) is 1.55. The first kappa shape index (κ1) is 14.4. The molecule has 0 bridgehead atoms. The van der Waals surface area contributed by atoms with Gasteiger partial charge in [0.25, 0.3) is 0 Å². The first-order valence-electron chi connectivity index (χ1n) is 5.35. The average molecular weight is 217 g/mol.